The minimum Gasteiger partial charge on any atom is -0.305 e. The van der Waals surface area contributed by atoms with Gasteiger partial charge < -0.3 is 5.32 Å². The van der Waals surface area contributed by atoms with Crippen molar-refractivity contribution in [2.24, 2.45) is 0 Å². The van der Waals surface area contributed by atoms with Gasteiger partial charge in [0.2, 0.25) is 0 Å². The lowest BCUT2D eigenvalue weighted by Gasteiger charge is -2.13. The van der Waals surface area contributed by atoms with Crippen molar-refractivity contribution in [2.45, 2.75) is 19.5 Å². The van der Waals surface area contributed by atoms with Gasteiger partial charge in [0.25, 0.3) is 0 Å². The van der Waals surface area contributed by atoms with E-state index in [1.54, 1.807) is 6.20 Å². The van der Waals surface area contributed by atoms with Crippen LogP contribution in [0.3, 0.4) is 0 Å². The fourth-order valence-corrected chi connectivity index (χ4v) is 1.98. The maximum atomic E-state index is 5.97. The maximum absolute atomic E-state index is 5.97. The maximum Gasteiger partial charge on any atom is 0.0595 e. The summed E-state index contributed by atoms with van der Waals surface area (Å²) in [5.41, 5.74) is 2.13. The van der Waals surface area contributed by atoms with Crippen LogP contribution in [0.25, 0.3) is 0 Å². The molecule has 1 aromatic heterocycles. The molecule has 0 aliphatic rings. The summed E-state index contributed by atoms with van der Waals surface area (Å²) in [6.45, 7) is 2.81. The fourth-order valence-electron chi connectivity index (χ4n) is 1.66. The Labute approximate surface area is 117 Å². The van der Waals surface area contributed by atoms with E-state index in [4.69, 9.17) is 23.2 Å². The van der Waals surface area contributed by atoms with Crippen LogP contribution < -0.4 is 5.32 Å². The van der Waals surface area contributed by atoms with Crippen molar-refractivity contribution < 1.29 is 0 Å². The van der Waals surface area contributed by atoms with Gasteiger partial charge in [0, 0.05) is 18.8 Å². The molecule has 1 aromatic carbocycles. The number of aromatic nitrogens is 1. The molecule has 0 amide bonds. The van der Waals surface area contributed by atoms with Crippen molar-refractivity contribution >= 4 is 23.2 Å². The molecule has 0 aliphatic carbocycles. The summed E-state index contributed by atoms with van der Waals surface area (Å²) in [4.78, 5) is 4.31. The predicted molar refractivity (Wildman–Crippen MR) is 76.0 cm³/mol. The number of hydrogen-bond acceptors (Lipinski definition) is 2. The van der Waals surface area contributed by atoms with Crippen LogP contribution in [0, 0.1) is 0 Å². The van der Waals surface area contributed by atoms with Crippen LogP contribution in [-0.4, -0.2) is 4.98 Å². The second-order valence-electron chi connectivity index (χ2n) is 4.11. The zero-order valence-electron chi connectivity index (χ0n) is 10.0. The Morgan fingerprint density at radius 3 is 2.67 bits per heavy atom. The molecule has 4 heteroatoms. The van der Waals surface area contributed by atoms with Gasteiger partial charge in [0.1, 0.15) is 0 Å². The lowest BCUT2D eigenvalue weighted by atomic mass is 10.2. The highest BCUT2D eigenvalue weighted by Crippen LogP contribution is 2.22. The Morgan fingerprint density at radius 2 is 2.00 bits per heavy atom. The van der Waals surface area contributed by atoms with Gasteiger partial charge in [-0.15, -0.1) is 0 Å². The van der Waals surface area contributed by atoms with Gasteiger partial charge in [-0.2, -0.15) is 0 Å². The molecule has 0 saturated carbocycles. The molecule has 0 aliphatic heterocycles. The lowest BCUT2D eigenvalue weighted by molar-refractivity contribution is 0.561. The van der Waals surface area contributed by atoms with E-state index in [2.05, 4.69) is 17.2 Å². The molecule has 0 spiro atoms. The van der Waals surface area contributed by atoms with Crippen LogP contribution in [0.1, 0.15) is 24.2 Å². The summed E-state index contributed by atoms with van der Waals surface area (Å²) in [6, 6.07) is 11.8. The summed E-state index contributed by atoms with van der Waals surface area (Å²) in [5, 5.41) is 4.56. The van der Waals surface area contributed by atoms with Crippen LogP contribution in [0.15, 0.2) is 42.6 Å². The predicted octanol–water partition coefficient (Wildman–Crippen LogP) is 4.24. The van der Waals surface area contributed by atoms with Gasteiger partial charge in [-0.25, -0.2) is 0 Å². The first kappa shape index (κ1) is 13.3. The summed E-state index contributed by atoms with van der Waals surface area (Å²) < 4.78 is 0. The number of rotatable bonds is 4. The zero-order valence-corrected chi connectivity index (χ0v) is 11.5. The average Bonchev–Trinajstić information content (AvgIpc) is 2.41. The van der Waals surface area contributed by atoms with Gasteiger partial charge in [-0.05, 0) is 36.8 Å². The molecular weight excluding hydrogens is 267 g/mol. The molecule has 0 bridgehead atoms. The fraction of sp³-hybridized carbons (Fsp3) is 0.214. The molecule has 1 N–H and O–H groups in total. The standard InChI is InChI=1S/C14H14Cl2N2/c1-10(14-4-2-3-7-17-14)18-9-11-5-6-12(15)13(16)8-11/h2-8,10,18H,9H2,1H3/t10-/m1/s1. The van der Waals surface area contributed by atoms with Gasteiger partial charge in [0.15, 0.2) is 0 Å². The molecule has 0 radical (unpaired) electrons. The van der Waals surface area contributed by atoms with Crippen molar-refractivity contribution in [2.75, 3.05) is 0 Å². The first-order valence-corrected chi connectivity index (χ1v) is 6.50. The smallest absolute Gasteiger partial charge is 0.0595 e. The van der Waals surface area contributed by atoms with Crippen molar-refractivity contribution in [1.29, 1.82) is 0 Å². The molecule has 2 rings (SSSR count). The van der Waals surface area contributed by atoms with E-state index in [9.17, 15) is 0 Å². The van der Waals surface area contributed by atoms with E-state index in [1.165, 1.54) is 0 Å². The third kappa shape index (κ3) is 3.45. The van der Waals surface area contributed by atoms with Gasteiger partial charge in [0.05, 0.1) is 15.7 Å². The number of hydrogen-bond donors (Lipinski definition) is 1. The van der Waals surface area contributed by atoms with E-state index in [-0.39, 0.29) is 6.04 Å². The van der Waals surface area contributed by atoms with Crippen LogP contribution >= 0.6 is 23.2 Å². The first-order chi connectivity index (χ1) is 8.66. The molecule has 0 unspecified atom stereocenters. The monoisotopic (exact) mass is 280 g/mol. The van der Waals surface area contributed by atoms with E-state index in [1.807, 2.05) is 36.4 Å². The Morgan fingerprint density at radius 1 is 1.17 bits per heavy atom. The van der Waals surface area contributed by atoms with E-state index < -0.39 is 0 Å². The Kier molecular flexibility index (Phi) is 4.59. The zero-order chi connectivity index (χ0) is 13.0. The summed E-state index contributed by atoms with van der Waals surface area (Å²) in [6.07, 6.45) is 1.80. The highest BCUT2D eigenvalue weighted by Gasteiger charge is 2.06. The second-order valence-corrected chi connectivity index (χ2v) is 4.92. The van der Waals surface area contributed by atoms with Crippen LogP contribution in [-0.2, 0) is 6.54 Å². The molecule has 1 heterocycles. The average molecular weight is 281 g/mol. The molecule has 0 fully saturated rings. The number of halogens is 2. The van der Waals surface area contributed by atoms with Crippen molar-refractivity contribution in [3.63, 3.8) is 0 Å². The van der Waals surface area contributed by atoms with Gasteiger partial charge >= 0.3 is 0 Å². The molecule has 94 valence electrons. The Balaban J connectivity index is 1.97. The third-order valence-electron chi connectivity index (χ3n) is 2.73. The van der Waals surface area contributed by atoms with Crippen molar-refractivity contribution in [3.8, 4) is 0 Å². The Bertz CT molecular complexity index is 514. The Hall–Kier alpha value is -1.09. The lowest BCUT2D eigenvalue weighted by Crippen LogP contribution is -2.18. The summed E-state index contributed by atoms with van der Waals surface area (Å²) >= 11 is 11.9. The van der Waals surface area contributed by atoms with Crippen LogP contribution in [0.4, 0.5) is 0 Å². The van der Waals surface area contributed by atoms with Crippen LogP contribution in [0.5, 0.6) is 0 Å². The third-order valence-corrected chi connectivity index (χ3v) is 3.47. The molecule has 2 aromatic rings. The topological polar surface area (TPSA) is 24.9 Å². The van der Waals surface area contributed by atoms with Crippen molar-refractivity contribution in [3.05, 3.63) is 63.9 Å². The summed E-state index contributed by atoms with van der Waals surface area (Å²) in [7, 11) is 0. The van der Waals surface area contributed by atoms with E-state index in [0.717, 1.165) is 17.8 Å². The largest absolute Gasteiger partial charge is 0.305 e. The number of pyridine rings is 1. The summed E-state index contributed by atoms with van der Waals surface area (Å²) in [5.74, 6) is 0. The minimum absolute atomic E-state index is 0.195. The molecular formula is C14H14Cl2N2. The minimum atomic E-state index is 0.195. The number of nitrogens with zero attached hydrogens (tertiary/aromatic N) is 1. The molecule has 18 heavy (non-hydrogen) atoms. The SMILES string of the molecule is C[C@@H](NCc1ccc(Cl)c(Cl)c1)c1ccccn1. The van der Waals surface area contributed by atoms with E-state index in [0.29, 0.717) is 10.0 Å². The second kappa shape index (κ2) is 6.19. The highest BCUT2D eigenvalue weighted by molar-refractivity contribution is 6.42. The quantitative estimate of drug-likeness (QED) is 0.906. The number of nitrogens with one attached hydrogen (secondary N) is 1. The molecule has 1 atom stereocenters. The van der Waals surface area contributed by atoms with E-state index >= 15 is 0 Å². The van der Waals surface area contributed by atoms with Gasteiger partial charge in [-0.3, -0.25) is 4.98 Å². The van der Waals surface area contributed by atoms with Crippen LogP contribution in [0.2, 0.25) is 10.0 Å². The van der Waals surface area contributed by atoms with Crippen molar-refractivity contribution in [1.82, 2.24) is 10.3 Å². The number of benzene rings is 1. The normalized spacial score (nSPS) is 12.4. The van der Waals surface area contributed by atoms with Gasteiger partial charge in [-0.1, -0.05) is 35.3 Å². The first-order valence-electron chi connectivity index (χ1n) is 5.75. The molecule has 0 saturated heterocycles. The molecule has 2 nitrogen and oxygen atoms in total. The highest BCUT2D eigenvalue weighted by atomic mass is 35.5.